The zero-order chi connectivity index (χ0) is 10.3. The van der Waals surface area contributed by atoms with Crippen LogP contribution in [0, 0.1) is 11.3 Å². The maximum atomic E-state index is 3.97. The Morgan fingerprint density at radius 1 is 1.64 bits per heavy atom. The number of hydrogen-bond acceptors (Lipinski definition) is 3. The van der Waals surface area contributed by atoms with Gasteiger partial charge in [-0.05, 0) is 24.8 Å². The topological polar surface area (TPSA) is 42.7 Å². The summed E-state index contributed by atoms with van der Waals surface area (Å²) < 4.78 is 1.86. The van der Waals surface area contributed by atoms with E-state index in [0.717, 1.165) is 0 Å². The molecule has 0 aliphatic heterocycles. The van der Waals surface area contributed by atoms with Gasteiger partial charge in [-0.3, -0.25) is 4.68 Å². The van der Waals surface area contributed by atoms with Crippen molar-refractivity contribution in [2.45, 2.75) is 26.3 Å². The third kappa shape index (κ3) is 1.43. The van der Waals surface area contributed by atoms with E-state index in [9.17, 15) is 0 Å². The summed E-state index contributed by atoms with van der Waals surface area (Å²) >= 11 is 0. The summed E-state index contributed by atoms with van der Waals surface area (Å²) in [5, 5.41) is 11.3. The molecule has 4 heteroatoms. The van der Waals surface area contributed by atoms with Crippen molar-refractivity contribution < 1.29 is 0 Å². The molecule has 1 N–H and O–H groups in total. The number of hydrogen-bond donors (Lipinski definition) is 1. The second-order valence-electron chi connectivity index (χ2n) is 4.85. The van der Waals surface area contributed by atoms with Gasteiger partial charge in [-0.25, -0.2) is 0 Å². The second-order valence-corrected chi connectivity index (χ2v) is 4.85. The van der Waals surface area contributed by atoms with Crippen molar-refractivity contribution in [3.63, 3.8) is 0 Å². The van der Waals surface area contributed by atoms with Gasteiger partial charge in [0.05, 0.1) is 17.9 Å². The van der Waals surface area contributed by atoms with Crippen LogP contribution in [0.5, 0.6) is 0 Å². The Morgan fingerprint density at radius 3 is 2.64 bits per heavy atom. The van der Waals surface area contributed by atoms with Crippen LogP contribution in [0.1, 0.15) is 32.0 Å². The fourth-order valence-corrected chi connectivity index (χ4v) is 2.21. The fourth-order valence-electron chi connectivity index (χ4n) is 2.21. The standard InChI is InChI=1S/C10H18N4/c1-10(2)5-7(10)9(11-3)8-6-12-13-14(8)4/h6-7,9,11H,5H2,1-4H3. The van der Waals surface area contributed by atoms with E-state index in [1.807, 2.05) is 25.0 Å². The number of aryl methyl sites for hydroxylation is 1. The second kappa shape index (κ2) is 3.05. The van der Waals surface area contributed by atoms with Gasteiger partial charge in [-0.2, -0.15) is 0 Å². The van der Waals surface area contributed by atoms with Crippen molar-refractivity contribution in [1.82, 2.24) is 20.3 Å². The molecule has 1 aliphatic carbocycles. The third-order valence-corrected chi connectivity index (χ3v) is 3.37. The minimum absolute atomic E-state index is 0.394. The van der Waals surface area contributed by atoms with Gasteiger partial charge in [0.2, 0.25) is 0 Å². The van der Waals surface area contributed by atoms with Gasteiger partial charge in [0.25, 0.3) is 0 Å². The predicted octanol–water partition coefficient (Wildman–Crippen LogP) is 1.12. The largest absolute Gasteiger partial charge is 0.311 e. The molecule has 4 nitrogen and oxygen atoms in total. The molecule has 2 rings (SSSR count). The summed E-state index contributed by atoms with van der Waals surface area (Å²) in [6.07, 6.45) is 3.14. The molecule has 78 valence electrons. The minimum atomic E-state index is 0.394. The molecule has 0 radical (unpaired) electrons. The molecule has 1 saturated carbocycles. The molecule has 2 atom stereocenters. The Labute approximate surface area is 84.7 Å². The lowest BCUT2D eigenvalue weighted by atomic mass is 10.0. The van der Waals surface area contributed by atoms with E-state index in [4.69, 9.17) is 0 Å². The Balaban J connectivity index is 2.20. The van der Waals surface area contributed by atoms with E-state index in [0.29, 0.717) is 17.4 Å². The summed E-state index contributed by atoms with van der Waals surface area (Å²) in [5.41, 5.74) is 1.65. The summed E-state index contributed by atoms with van der Waals surface area (Å²) in [4.78, 5) is 0. The van der Waals surface area contributed by atoms with Gasteiger partial charge >= 0.3 is 0 Å². The molecule has 0 aromatic carbocycles. The highest BCUT2D eigenvalue weighted by molar-refractivity contribution is 5.12. The molecule has 0 bridgehead atoms. The van der Waals surface area contributed by atoms with Crippen molar-refractivity contribution >= 4 is 0 Å². The molecule has 14 heavy (non-hydrogen) atoms. The van der Waals surface area contributed by atoms with E-state index >= 15 is 0 Å². The van der Waals surface area contributed by atoms with Crippen molar-refractivity contribution in [3.8, 4) is 0 Å². The van der Waals surface area contributed by atoms with Crippen molar-refractivity contribution in [2.24, 2.45) is 18.4 Å². The SMILES string of the molecule is CNC(c1cnnn1C)C1CC1(C)C. The average Bonchev–Trinajstić information content (AvgIpc) is 2.55. The first-order valence-corrected chi connectivity index (χ1v) is 5.08. The monoisotopic (exact) mass is 194 g/mol. The van der Waals surface area contributed by atoms with Crippen LogP contribution in [0.2, 0.25) is 0 Å². The third-order valence-electron chi connectivity index (χ3n) is 3.37. The lowest BCUT2D eigenvalue weighted by Crippen LogP contribution is -2.23. The first-order valence-electron chi connectivity index (χ1n) is 5.08. The van der Waals surface area contributed by atoms with Crippen LogP contribution in [0.4, 0.5) is 0 Å². The molecule has 1 aromatic heterocycles. The summed E-state index contributed by atoms with van der Waals surface area (Å²) in [7, 11) is 3.95. The van der Waals surface area contributed by atoms with E-state index in [1.165, 1.54) is 12.1 Å². The zero-order valence-corrected chi connectivity index (χ0v) is 9.28. The number of nitrogens with zero attached hydrogens (tertiary/aromatic N) is 3. The van der Waals surface area contributed by atoms with Gasteiger partial charge in [0.15, 0.2) is 0 Å². The van der Waals surface area contributed by atoms with Gasteiger partial charge < -0.3 is 5.32 Å². The van der Waals surface area contributed by atoms with Crippen LogP contribution in [0.3, 0.4) is 0 Å². The predicted molar refractivity (Wildman–Crippen MR) is 54.7 cm³/mol. The highest BCUT2D eigenvalue weighted by Gasteiger charge is 2.50. The highest BCUT2D eigenvalue weighted by atomic mass is 15.4. The number of nitrogens with one attached hydrogen (secondary N) is 1. The van der Waals surface area contributed by atoms with Gasteiger partial charge in [0.1, 0.15) is 0 Å². The Hall–Kier alpha value is -0.900. The Bertz CT molecular complexity index is 329. The first-order chi connectivity index (χ1) is 6.56. The fraction of sp³-hybridized carbons (Fsp3) is 0.800. The molecule has 0 spiro atoms. The smallest absolute Gasteiger partial charge is 0.0756 e. The van der Waals surface area contributed by atoms with Crippen LogP contribution in [0.25, 0.3) is 0 Å². The maximum Gasteiger partial charge on any atom is 0.0756 e. The quantitative estimate of drug-likeness (QED) is 0.784. The molecular formula is C10H18N4. The van der Waals surface area contributed by atoms with Crippen LogP contribution in [-0.2, 0) is 7.05 Å². The van der Waals surface area contributed by atoms with Crippen LogP contribution in [-0.4, -0.2) is 22.0 Å². The first kappa shape index (κ1) is 9.65. The number of rotatable bonds is 3. The normalized spacial score (nSPS) is 26.1. The van der Waals surface area contributed by atoms with E-state index in [1.54, 1.807) is 0 Å². The zero-order valence-electron chi connectivity index (χ0n) is 9.28. The summed E-state index contributed by atoms with van der Waals surface area (Å²) in [5.74, 6) is 0.713. The van der Waals surface area contributed by atoms with Gasteiger partial charge in [-0.15, -0.1) is 5.10 Å². The lowest BCUT2D eigenvalue weighted by molar-refractivity contribution is 0.419. The van der Waals surface area contributed by atoms with E-state index in [-0.39, 0.29) is 0 Å². The Kier molecular flexibility index (Phi) is 2.10. The van der Waals surface area contributed by atoms with E-state index in [2.05, 4.69) is 29.5 Å². The van der Waals surface area contributed by atoms with Gasteiger partial charge in [-0.1, -0.05) is 19.1 Å². The number of aromatic nitrogens is 3. The molecule has 2 unspecified atom stereocenters. The highest BCUT2D eigenvalue weighted by Crippen LogP contribution is 2.57. The Morgan fingerprint density at radius 2 is 2.29 bits per heavy atom. The molecule has 1 aliphatic rings. The van der Waals surface area contributed by atoms with Crippen LogP contribution < -0.4 is 5.32 Å². The summed E-state index contributed by atoms with van der Waals surface area (Å²) in [6, 6.07) is 0.394. The van der Waals surface area contributed by atoms with Crippen LogP contribution in [0.15, 0.2) is 6.20 Å². The maximum absolute atomic E-state index is 3.97. The molecule has 0 saturated heterocycles. The molecule has 1 fully saturated rings. The van der Waals surface area contributed by atoms with Gasteiger partial charge in [0, 0.05) is 7.05 Å². The van der Waals surface area contributed by atoms with Crippen molar-refractivity contribution in [1.29, 1.82) is 0 Å². The summed E-state index contributed by atoms with van der Waals surface area (Å²) in [6.45, 7) is 4.62. The molecule has 0 amide bonds. The average molecular weight is 194 g/mol. The molecular weight excluding hydrogens is 176 g/mol. The van der Waals surface area contributed by atoms with Crippen molar-refractivity contribution in [3.05, 3.63) is 11.9 Å². The van der Waals surface area contributed by atoms with Crippen molar-refractivity contribution in [2.75, 3.05) is 7.05 Å². The van der Waals surface area contributed by atoms with E-state index < -0.39 is 0 Å². The molecule has 1 heterocycles. The molecule has 1 aromatic rings. The minimum Gasteiger partial charge on any atom is -0.311 e. The van der Waals surface area contributed by atoms with Crippen LogP contribution >= 0.6 is 0 Å². The lowest BCUT2D eigenvalue weighted by Gasteiger charge is -2.17.